The molecule has 0 unspecified atom stereocenters. The fourth-order valence-corrected chi connectivity index (χ4v) is 1.07. The quantitative estimate of drug-likeness (QED) is 0.748. The number of rotatable bonds is 4. The van der Waals surface area contributed by atoms with Crippen LogP contribution in [0, 0.1) is 5.82 Å². The van der Waals surface area contributed by atoms with Crippen LogP contribution in [-0.4, -0.2) is 7.05 Å². The first-order valence-electron chi connectivity index (χ1n) is 4.32. The summed E-state index contributed by atoms with van der Waals surface area (Å²) in [6.45, 7) is 3.82. The molecule has 0 amide bonds. The summed E-state index contributed by atoms with van der Waals surface area (Å²) in [5.41, 5.74) is 2.14. The zero-order chi connectivity index (χ0) is 9.68. The zero-order valence-electron chi connectivity index (χ0n) is 7.81. The van der Waals surface area contributed by atoms with Crippen molar-refractivity contribution in [3.05, 3.63) is 47.9 Å². The fourth-order valence-electron chi connectivity index (χ4n) is 1.07. The Balaban J connectivity index is 2.46. The second-order valence-electron chi connectivity index (χ2n) is 2.98. The molecule has 1 N–H and O–H groups in total. The molecule has 0 aliphatic carbocycles. The zero-order valence-corrected chi connectivity index (χ0v) is 7.81. The van der Waals surface area contributed by atoms with Crippen molar-refractivity contribution in [3.63, 3.8) is 0 Å². The molecule has 0 heterocycles. The Morgan fingerprint density at radius 3 is 2.54 bits per heavy atom. The summed E-state index contributed by atoms with van der Waals surface area (Å²) in [7, 11) is 1.85. The average Bonchev–Trinajstić information content (AvgIpc) is 2.16. The van der Waals surface area contributed by atoms with Crippen LogP contribution in [0.25, 0.3) is 0 Å². The third kappa shape index (κ3) is 3.28. The fraction of sp³-hybridized carbons (Fsp3) is 0.273. The molecule has 0 saturated carbocycles. The van der Waals surface area contributed by atoms with Crippen LogP contribution in [0.4, 0.5) is 4.39 Å². The molecule has 0 aliphatic heterocycles. The summed E-state index contributed by atoms with van der Waals surface area (Å²) in [6.07, 6.45) is 1.79. The lowest BCUT2D eigenvalue weighted by Crippen LogP contribution is -2.04. The largest absolute Gasteiger partial charge is 0.392 e. The number of halogens is 1. The van der Waals surface area contributed by atoms with Gasteiger partial charge in [-0.15, -0.1) is 0 Å². The minimum Gasteiger partial charge on any atom is -0.392 e. The first-order valence-corrected chi connectivity index (χ1v) is 4.32. The molecule has 1 aromatic rings. The molecule has 2 heteroatoms. The van der Waals surface area contributed by atoms with E-state index in [-0.39, 0.29) is 5.82 Å². The van der Waals surface area contributed by atoms with E-state index in [2.05, 4.69) is 11.9 Å². The van der Waals surface area contributed by atoms with Crippen molar-refractivity contribution in [1.29, 1.82) is 0 Å². The van der Waals surface area contributed by atoms with Gasteiger partial charge in [-0.2, -0.15) is 0 Å². The Morgan fingerprint density at radius 1 is 1.38 bits per heavy atom. The molecular weight excluding hydrogens is 165 g/mol. The van der Waals surface area contributed by atoms with Crippen molar-refractivity contribution in [1.82, 2.24) is 5.32 Å². The number of hydrogen-bond donors (Lipinski definition) is 1. The molecule has 0 aliphatic rings. The molecule has 0 radical (unpaired) electrons. The molecule has 0 saturated heterocycles. The van der Waals surface area contributed by atoms with Crippen LogP contribution < -0.4 is 5.32 Å². The molecule has 1 rings (SSSR count). The SMILES string of the molecule is C=C(CCc1ccc(F)cc1)NC. The summed E-state index contributed by atoms with van der Waals surface area (Å²) in [4.78, 5) is 0. The average molecular weight is 179 g/mol. The van der Waals surface area contributed by atoms with Gasteiger partial charge in [0, 0.05) is 12.7 Å². The highest BCUT2D eigenvalue weighted by atomic mass is 19.1. The Bertz CT molecular complexity index is 277. The van der Waals surface area contributed by atoms with Crippen molar-refractivity contribution in [2.75, 3.05) is 7.05 Å². The van der Waals surface area contributed by atoms with Crippen LogP contribution >= 0.6 is 0 Å². The van der Waals surface area contributed by atoms with Crippen LogP contribution in [0.15, 0.2) is 36.5 Å². The standard InChI is InChI=1S/C11H14FN/c1-9(13-2)3-4-10-5-7-11(12)8-6-10/h5-8,13H,1,3-4H2,2H3. The van der Waals surface area contributed by atoms with E-state index in [1.165, 1.54) is 12.1 Å². The van der Waals surface area contributed by atoms with E-state index in [9.17, 15) is 4.39 Å². The van der Waals surface area contributed by atoms with Crippen molar-refractivity contribution in [2.24, 2.45) is 0 Å². The van der Waals surface area contributed by atoms with E-state index in [4.69, 9.17) is 0 Å². The van der Waals surface area contributed by atoms with E-state index in [0.29, 0.717) is 0 Å². The normalized spacial score (nSPS) is 9.69. The van der Waals surface area contributed by atoms with Gasteiger partial charge in [0.15, 0.2) is 0 Å². The monoisotopic (exact) mass is 179 g/mol. The third-order valence-corrected chi connectivity index (χ3v) is 1.98. The van der Waals surface area contributed by atoms with Gasteiger partial charge >= 0.3 is 0 Å². The topological polar surface area (TPSA) is 12.0 Å². The Kier molecular flexibility index (Phi) is 3.50. The van der Waals surface area contributed by atoms with Crippen LogP contribution in [0.3, 0.4) is 0 Å². The highest BCUT2D eigenvalue weighted by molar-refractivity contribution is 5.17. The molecule has 0 bridgehead atoms. The highest BCUT2D eigenvalue weighted by Gasteiger charge is 1.95. The molecule has 0 spiro atoms. The molecule has 1 aromatic carbocycles. The summed E-state index contributed by atoms with van der Waals surface area (Å²) in [5.74, 6) is -0.184. The third-order valence-electron chi connectivity index (χ3n) is 1.98. The van der Waals surface area contributed by atoms with Crippen LogP contribution in [0.2, 0.25) is 0 Å². The van der Waals surface area contributed by atoms with E-state index >= 15 is 0 Å². The maximum atomic E-state index is 12.5. The van der Waals surface area contributed by atoms with Gasteiger partial charge in [0.25, 0.3) is 0 Å². The summed E-state index contributed by atoms with van der Waals surface area (Å²) < 4.78 is 12.5. The number of aryl methyl sites for hydroxylation is 1. The van der Waals surface area contributed by atoms with Crippen molar-refractivity contribution < 1.29 is 4.39 Å². The minimum atomic E-state index is -0.184. The lowest BCUT2D eigenvalue weighted by molar-refractivity contribution is 0.627. The van der Waals surface area contributed by atoms with Gasteiger partial charge in [-0.1, -0.05) is 18.7 Å². The van der Waals surface area contributed by atoms with E-state index in [1.54, 1.807) is 12.1 Å². The Labute approximate surface area is 78.3 Å². The van der Waals surface area contributed by atoms with Gasteiger partial charge in [-0.25, -0.2) is 4.39 Å². The molecule has 0 fully saturated rings. The Morgan fingerprint density at radius 2 is 2.00 bits per heavy atom. The number of nitrogens with one attached hydrogen (secondary N) is 1. The van der Waals surface area contributed by atoms with Crippen molar-refractivity contribution in [3.8, 4) is 0 Å². The molecule has 0 aromatic heterocycles. The number of allylic oxidation sites excluding steroid dienone is 1. The number of hydrogen-bond acceptors (Lipinski definition) is 1. The van der Waals surface area contributed by atoms with Crippen molar-refractivity contribution in [2.45, 2.75) is 12.8 Å². The number of benzene rings is 1. The lowest BCUT2D eigenvalue weighted by Gasteiger charge is -2.04. The smallest absolute Gasteiger partial charge is 0.123 e. The molecule has 13 heavy (non-hydrogen) atoms. The summed E-state index contributed by atoms with van der Waals surface area (Å²) >= 11 is 0. The van der Waals surface area contributed by atoms with Gasteiger partial charge in [0.2, 0.25) is 0 Å². The molecule has 0 atom stereocenters. The van der Waals surface area contributed by atoms with Gasteiger partial charge in [0.05, 0.1) is 0 Å². The second kappa shape index (κ2) is 4.65. The summed E-state index contributed by atoms with van der Waals surface area (Å²) in [5, 5.41) is 2.98. The van der Waals surface area contributed by atoms with E-state index in [1.807, 2.05) is 7.05 Å². The van der Waals surface area contributed by atoms with Crippen LogP contribution in [0.5, 0.6) is 0 Å². The molecular formula is C11H14FN. The lowest BCUT2D eigenvalue weighted by atomic mass is 10.1. The maximum Gasteiger partial charge on any atom is 0.123 e. The minimum absolute atomic E-state index is 0.184. The van der Waals surface area contributed by atoms with Crippen molar-refractivity contribution >= 4 is 0 Å². The van der Waals surface area contributed by atoms with E-state index < -0.39 is 0 Å². The maximum absolute atomic E-state index is 12.5. The van der Waals surface area contributed by atoms with Gasteiger partial charge in [-0.05, 0) is 30.5 Å². The van der Waals surface area contributed by atoms with Gasteiger partial charge < -0.3 is 5.32 Å². The molecule has 1 nitrogen and oxygen atoms in total. The van der Waals surface area contributed by atoms with Crippen LogP contribution in [-0.2, 0) is 6.42 Å². The molecule has 70 valence electrons. The first-order chi connectivity index (χ1) is 6.22. The van der Waals surface area contributed by atoms with Gasteiger partial charge in [-0.3, -0.25) is 0 Å². The van der Waals surface area contributed by atoms with Crippen LogP contribution in [0.1, 0.15) is 12.0 Å². The Hall–Kier alpha value is -1.31. The summed E-state index contributed by atoms with van der Waals surface area (Å²) in [6, 6.07) is 6.57. The first kappa shape index (κ1) is 9.78. The predicted molar refractivity (Wildman–Crippen MR) is 52.9 cm³/mol. The van der Waals surface area contributed by atoms with Gasteiger partial charge in [0.1, 0.15) is 5.82 Å². The predicted octanol–water partition coefficient (Wildman–Crippen LogP) is 2.49. The highest BCUT2D eigenvalue weighted by Crippen LogP contribution is 2.07. The van der Waals surface area contributed by atoms with E-state index in [0.717, 1.165) is 24.1 Å². The second-order valence-corrected chi connectivity index (χ2v) is 2.98.